The van der Waals surface area contributed by atoms with Gasteiger partial charge >= 0.3 is 12.7 Å². The Bertz CT molecular complexity index is 918. The molecule has 4 N–H and O–H groups in total. The molecule has 1 heterocycles. The lowest BCUT2D eigenvalue weighted by Gasteiger charge is -2.24. The van der Waals surface area contributed by atoms with Crippen molar-refractivity contribution < 1.29 is 42.0 Å². The molecule has 1 aliphatic rings. The van der Waals surface area contributed by atoms with Crippen molar-refractivity contribution in [2.45, 2.75) is 43.9 Å². The number of aryl methyl sites for hydroxylation is 2. The van der Waals surface area contributed by atoms with E-state index in [0.29, 0.717) is 24.2 Å². The monoisotopic (exact) mass is 459 g/mol. The number of rotatable bonds is 10. The van der Waals surface area contributed by atoms with E-state index < -0.39 is 37.0 Å². The van der Waals surface area contributed by atoms with Gasteiger partial charge in [0.15, 0.2) is 11.5 Å². The molecule has 0 radical (unpaired) electrons. The second-order valence-electron chi connectivity index (χ2n) is 7.75. The zero-order chi connectivity index (χ0) is 23.4. The molecule has 0 fully saturated rings. The molecule has 2 aromatic carbocycles. The first-order chi connectivity index (χ1) is 15.1. The minimum Gasteiger partial charge on any atom is -0.493 e. The van der Waals surface area contributed by atoms with Crippen LogP contribution in [0.2, 0.25) is 0 Å². The molecule has 1 atom stereocenters. The van der Waals surface area contributed by atoms with Gasteiger partial charge in [0.1, 0.15) is 5.75 Å². The molecule has 0 saturated carbocycles. The van der Waals surface area contributed by atoms with Crippen molar-refractivity contribution in [3.05, 3.63) is 53.1 Å². The van der Waals surface area contributed by atoms with Gasteiger partial charge in [-0.2, -0.15) is 17.6 Å². The van der Waals surface area contributed by atoms with Crippen LogP contribution in [0, 0.1) is 0 Å². The average Bonchev–Trinajstić information content (AvgIpc) is 3.14. The first-order valence-electron chi connectivity index (χ1n) is 10.1. The maximum absolute atomic E-state index is 13.5. The summed E-state index contributed by atoms with van der Waals surface area (Å²) in [5.41, 5.74) is 4.81. The van der Waals surface area contributed by atoms with Gasteiger partial charge in [-0.05, 0) is 61.1 Å². The van der Waals surface area contributed by atoms with Gasteiger partial charge in [-0.3, -0.25) is 0 Å². The summed E-state index contributed by atoms with van der Waals surface area (Å²) in [5.74, 6) is 0.308. The number of benzene rings is 2. The first-order valence-corrected chi connectivity index (χ1v) is 10.1. The van der Waals surface area contributed by atoms with Crippen LogP contribution < -0.4 is 19.9 Å². The van der Waals surface area contributed by atoms with Crippen LogP contribution >= 0.6 is 0 Å². The highest BCUT2D eigenvalue weighted by molar-refractivity contribution is 5.45. The highest BCUT2D eigenvalue weighted by atomic mass is 19.4. The summed E-state index contributed by atoms with van der Waals surface area (Å²) in [6.45, 7) is -2.74. The van der Waals surface area contributed by atoms with E-state index in [-0.39, 0.29) is 30.9 Å². The zero-order valence-corrected chi connectivity index (χ0v) is 17.2. The van der Waals surface area contributed by atoms with Crippen LogP contribution in [-0.2, 0) is 19.0 Å². The molecule has 0 amide bonds. The summed E-state index contributed by atoms with van der Waals surface area (Å²) in [4.78, 5) is 0. The third-order valence-corrected chi connectivity index (χ3v) is 5.21. The highest BCUT2D eigenvalue weighted by Gasteiger charge is 2.35. The molecule has 6 nitrogen and oxygen atoms in total. The number of halogens is 4. The fourth-order valence-corrected chi connectivity index (χ4v) is 3.26. The van der Waals surface area contributed by atoms with Crippen LogP contribution in [0.5, 0.6) is 17.2 Å². The molecule has 0 aromatic heterocycles. The number of alkyl halides is 4. The van der Waals surface area contributed by atoms with Crippen LogP contribution in [0.15, 0.2) is 36.4 Å². The topological polar surface area (TPSA) is 94.2 Å². The predicted molar refractivity (Wildman–Crippen MR) is 107 cm³/mol. The zero-order valence-electron chi connectivity index (χ0n) is 17.2. The maximum Gasteiger partial charge on any atom is 0.419 e. The lowest BCUT2D eigenvalue weighted by Crippen LogP contribution is -2.47. The quantitative estimate of drug-likeness (QED) is 0.373. The van der Waals surface area contributed by atoms with Crippen molar-refractivity contribution in [2.75, 3.05) is 19.8 Å². The summed E-state index contributed by atoms with van der Waals surface area (Å²) in [6.07, 6.45) is -3.41. The van der Waals surface area contributed by atoms with Crippen LogP contribution in [-0.4, -0.2) is 42.1 Å². The van der Waals surface area contributed by atoms with Crippen LogP contribution in [0.1, 0.15) is 29.5 Å². The van der Waals surface area contributed by atoms with Gasteiger partial charge in [-0.1, -0.05) is 12.1 Å². The molecule has 0 bridgehead atoms. The Morgan fingerprint density at radius 2 is 1.59 bits per heavy atom. The van der Waals surface area contributed by atoms with E-state index in [9.17, 15) is 27.8 Å². The van der Waals surface area contributed by atoms with Gasteiger partial charge in [0.2, 0.25) is 0 Å². The summed E-state index contributed by atoms with van der Waals surface area (Å²) in [5, 5.41) is 18.5. The van der Waals surface area contributed by atoms with Crippen molar-refractivity contribution >= 4 is 0 Å². The van der Waals surface area contributed by atoms with Crippen molar-refractivity contribution in [2.24, 2.45) is 5.73 Å². The second kappa shape index (κ2) is 9.93. The molecular formula is C22H25F4NO5. The fourth-order valence-electron chi connectivity index (χ4n) is 3.26. The summed E-state index contributed by atoms with van der Waals surface area (Å²) >= 11 is 0. The fraction of sp³-hybridized carbons (Fsp3) is 0.455. The molecule has 0 saturated heterocycles. The van der Waals surface area contributed by atoms with E-state index in [2.05, 4.69) is 0 Å². The lowest BCUT2D eigenvalue weighted by molar-refractivity contribution is -0.139. The molecule has 0 spiro atoms. The van der Waals surface area contributed by atoms with Crippen molar-refractivity contribution in [3.8, 4) is 17.2 Å². The summed E-state index contributed by atoms with van der Waals surface area (Å²) in [6, 6.07) is 8.69. The lowest BCUT2D eigenvalue weighted by atomic mass is 9.93. The number of fused-ring (bicyclic) bond motifs is 1. The van der Waals surface area contributed by atoms with Gasteiger partial charge in [0, 0.05) is 0 Å². The largest absolute Gasteiger partial charge is 0.493 e. The molecule has 1 aliphatic heterocycles. The smallest absolute Gasteiger partial charge is 0.419 e. The Morgan fingerprint density at radius 3 is 2.28 bits per heavy atom. The maximum atomic E-state index is 13.5. The standard InChI is InChI=1S/C22H25F4NO5/c23-20-31-18-6-4-14(11-19(18)32-20)2-1-9-30-17-5-3-15(10-16(17)22(24,25)26)7-8-21(27,12-28)13-29/h3-6,10-11,20,28-29H,1-2,7-9,12-13,27H2. The number of aliphatic hydroxyl groups excluding tert-OH is 2. The molecule has 0 aliphatic carbocycles. The number of hydrogen-bond acceptors (Lipinski definition) is 6. The Hall–Kier alpha value is -2.56. The minimum atomic E-state index is -4.61. The van der Waals surface area contributed by atoms with E-state index in [1.54, 1.807) is 18.2 Å². The SMILES string of the molecule is NC(CO)(CO)CCc1ccc(OCCCc2ccc3c(c2)OC(F)O3)c(C(F)(F)F)c1. The van der Waals surface area contributed by atoms with E-state index in [1.165, 1.54) is 12.1 Å². The van der Waals surface area contributed by atoms with Crippen LogP contribution in [0.4, 0.5) is 17.6 Å². The van der Waals surface area contributed by atoms with E-state index >= 15 is 0 Å². The number of hydrogen-bond donors (Lipinski definition) is 3. The van der Waals surface area contributed by atoms with E-state index in [1.807, 2.05) is 0 Å². The molecular weight excluding hydrogens is 434 g/mol. The summed E-state index contributed by atoms with van der Waals surface area (Å²) in [7, 11) is 0. The Balaban J connectivity index is 1.59. The van der Waals surface area contributed by atoms with Crippen LogP contribution in [0.25, 0.3) is 0 Å². The summed E-state index contributed by atoms with van der Waals surface area (Å²) < 4.78 is 68.7. The predicted octanol–water partition coefficient (Wildman–Crippen LogP) is 3.36. The first kappa shape index (κ1) is 24.1. The van der Waals surface area contributed by atoms with Gasteiger partial charge in [-0.15, -0.1) is 0 Å². The van der Waals surface area contributed by atoms with Gasteiger partial charge < -0.3 is 30.2 Å². The molecule has 2 aromatic rings. The number of ether oxygens (including phenoxy) is 3. The Kier molecular flexibility index (Phi) is 7.47. The van der Waals surface area contributed by atoms with Crippen LogP contribution in [0.3, 0.4) is 0 Å². The number of nitrogens with two attached hydrogens (primary N) is 1. The van der Waals surface area contributed by atoms with Gasteiger partial charge in [-0.25, -0.2) is 0 Å². The van der Waals surface area contributed by atoms with Crippen molar-refractivity contribution in [3.63, 3.8) is 0 Å². The van der Waals surface area contributed by atoms with E-state index in [0.717, 1.165) is 11.6 Å². The highest BCUT2D eigenvalue weighted by Crippen LogP contribution is 2.38. The van der Waals surface area contributed by atoms with E-state index in [4.69, 9.17) is 19.9 Å². The number of aliphatic hydroxyl groups is 2. The molecule has 32 heavy (non-hydrogen) atoms. The molecule has 1 unspecified atom stereocenters. The third kappa shape index (κ3) is 6.02. The van der Waals surface area contributed by atoms with Crippen molar-refractivity contribution in [1.29, 1.82) is 0 Å². The molecule has 3 rings (SSSR count). The molecule has 10 heteroatoms. The normalized spacial score (nSPS) is 15.8. The van der Waals surface area contributed by atoms with Crippen molar-refractivity contribution in [1.82, 2.24) is 0 Å². The Labute approximate surface area is 182 Å². The minimum absolute atomic E-state index is 0.0452. The third-order valence-electron chi connectivity index (χ3n) is 5.21. The van der Waals surface area contributed by atoms with Gasteiger partial charge in [0.25, 0.3) is 0 Å². The second-order valence-corrected chi connectivity index (χ2v) is 7.75. The average molecular weight is 459 g/mol. The molecule has 176 valence electrons. The van der Waals surface area contributed by atoms with Gasteiger partial charge in [0.05, 0.1) is 30.9 Å². The Morgan fingerprint density at radius 1 is 0.938 bits per heavy atom.